The monoisotopic (exact) mass is 362 g/mol. The molecule has 0 aromatic heterocycles. The van der Waals surface area contributed by atoms with E-state index in [-0.39, 0.29) is 22.9 Å². The minimum atomic E-state index is -0.532. The Hall–Kier alpha value is -0.900. The molecule has 4 heteroatoms. The molecule has 4 rings (SSSR count). The zero-order valence-corrected chi connectivity index (χ0v) is 16.5. The molecule has 0 saturated heterocycles. The van der Waals surface area contributed by atoms with Crippen LogP contribution >= 0.6 is 0 Å². The van der Waals surface area contributed by atoms with E-state index in [2.05, 4.69) is 13.8 Å². The van der Waals surface area contributed by atoms with E-state index in [9.17, 15) is 14.7 Å². The summed E-state index contributed by atoms with van der Waals surface area (Å²) in [5, 5.41) is 10.6. The molecule has 0 bridgehead atoms. The number of fused-ring (bicyclic) bond motifs is 5. The maximum Gasteiger partial charge on any atom is 0.302 e. The summed E-state index contributed by atoms with van der Waals surface area (Å²) in [6.45, 7) is 6.05. The average molecular weight is 363 g/mol. The molecular formula is C22H34O4. The van der Waals surface area contributed by atoms with Gasteiger partial charge in [0, 0.05) is 18.8 Å². The molecule has 26 heavy (non-hydrogen) atoms. The molecule has 0 aliphatic heterocycles. The van der Waals surface area contributed by atoms with Crippen molar-refractivity contribution in [3.63, 3.8) is 0 Å². The summed E-state index contributed by atoms with van der Waals surface area (Å²) in [7, 11) is 0. The quantitative estimate of drug-likeness (QED) is 0.719. The van der Waals surface area contributed by atoms with E-state index in [4.69, 9.17) is 4.74 Å². The number of carbonyl (C=O) groups is 2. The molecule has 0 radical (unpaired) electrons. The third kappa shape index (κ3) is 2.66. The zero-order valence-electron chi connectivity index (χ0n) is 16.5. The van der Waals surface area contributed by atoms with E-state index in [0.29, 0.717) is 29.5 Å². The van der Waals surface area contributed by atoms with Crippen molar-refractivity contribution in [2.24, 2.45) is 34.5 Å². The maximum atomic E-state index is 12.6. The lowest BCUT2D eigenvalue weighted by Crippen LogP contribution is -2.53. The van der Waals surface area contributed by atoms with Gasteiger partial charge in [0.25, 0.3) is 0 Å². The molecule has 4 aliphatic carbocycles. The van der Waals surface area contributed by atoms with Crippen molar-refractivity contribution in [3.8, 4) is 0 Å². The van der Waals surface area contributed by atoms with E-state index in [0.717, 1.165) is 44.9 Å². The van der Waals surface area contributed by atoms with Gasteiger partial charge in [0.05, 0.1) is 6.10 Å². The molecule has 0 heterocycles. The topological polar surface area (TPSA) is 63.6 Å². The number of Topliss-reactive ketones (excluding diaryl/α,β-unsaturated/α-hetero) is 1. The smallest absolute Gasteiger partial charge is 0.302 e. The molecule has 4 saturated carbocycles. The van der Waals surface area contributed by atoms with Crippen LogP contribution in [0.2, 0.25) is 0 Å². The predicted octanol–water partition coefficient (Wildman–Crippen LogP) is 3.89. The summed E-state index contributed by atoms with van der Waals surface area (Å²) >= 11 is 0. The molecule has 4 aliphatic rings. The van der Waals surface area contributed by atoms with Crippen molar-refractivity contribution in [2.75, 3.05) is 0 Å². The van der Waals surface area contributed by atoms with Crippen molar-refractivity contribution >= 4 is 11.8 Å². The summed E-state index contributed by atoms with van der Waals surface area (Å²) in [5.41, 5.74) is 0.00824. The van der Waals surface area contributed by atoms with Crippen LogP contribution in [0.3, 0.4) is 0 Å². The Morgan fingerprint density at radius 2 is 1.92 bits per heavy atom. The van der Waals surface area contributed by atoms with Gasteiger partial charge in [0.2, 0.25) is 0 Å². The van der Waals surface area contributed by atoms with Crippen molar-refractivity contribution in [2.45, 2.75) is 90.8 Å². The van der Waals surface area contributed by atoms with Crippen molar-refractivity contribution in [1.29, 1.82) is 0 Å². The van der Waals surface area contributed by atoms with Crippen LogP contribution in [0.15, 0.2) is 0 Å². The number of aliphatic hydroxyl groups excluding tert-OH is 1. The highest BCUT2D eigenvalue weighted by Crippen LogP contribution is 2.64. The predicted molar refractivity (Wildman–Crippen MR) is 98.3 cm³/mol. The number of esters is 1. The first-order chi connectivity index (χ1) is 12.3. The molecule has 4 nitrogen and oxygen atoms in total. The minimum Gasteiger partial charge on any atom is -0.460 e. The van der Waals surface area contributed by atoms with Gasteiger partial charge in [0.1, 0.15) is 11.9 Å². The van der Waals surface area contributed by atoms with Crippen molar-refractivity contribution in [1.82, 2.24) is 0 Å². The first kappa shape index (κ1) is 18.5. The van der Waals surface area contributed by atoms with Crippen LogP contribution in [0.5, 0.6) is 0 Å². The van der Waals surface area contributed by atoms with Crippen LogP contribution in [-0.4, -0.2) is 29.1 Å². The number of hydrogen-bond donors (Lipinski definition) is 1. The fourth-order valence-electron chi connectivity index (χ4n) is 7.56. The van der Waals surface area contributed by atoms with E-state index >= 15 is 0 Å². The standard InChI is InChI=1S/C22H34O4/c1-13(23)26-19-12-22(3)14(11-18(19)24)5-4-6-15-16-7-8-20(25)21(16,2)10-9-17(15)22/h14-19,24H,4-12H2,1-3H3/t14-,15+,16-,17-,18-,19-,21-,22-/m0/s1. The van der Waals surface area contributed by atoms with E-state index < -0.39 is 6.10 Å². The summed E-state index contributed by atoms with van der Waals surface area (Å²) in [4.78, 5) is 24.1. The van der Waals surface area contributed by atoms with E-state index in [1.54, 1.807) is 0 Å². The molecule has 0 aromatic rings. The summed E-state index contributed by atoms with van der Waals surface area (Å²) in [6.07, 6.45) is 8.15. The molecule has 4 fully saturated rings. The summed E-state index contributed by atoms with van der Waals surface area (Å²) in [6, 6.07) is 0. The van der Waals surface area contributed by atoms with Crippen LogP contribution in [-0.2, 0) is 14.3 Å². The van der Waals surface area contributed by atoms with Crippen molar-refractivity contribution in [3.05, 3.63) is 0 Å². The van der Waals surface area contributed by atoms with Crippen molar-refractivity contribution < 1.29 is 19.4 Å². The second-order valence-electron chi connectivity index (χ2n) is 10.1. The largest absolute Gasteiger partial charge is 0.460 e. The van der Waals surface area contributed by atoms with Gasteiger partial charge in [0.15, 0.2) is 0 Å². The number of ether oxygens (including phenoxy) is 1. The lowest BCUT2D eigenvalue weighted by molar-refractivity contribution is -0.171. The van der Waals surface area contributed by atoms with Crippen LogP contribution in [0, 0.1) is 34.5 Å². The molecule has 1 N–H and O–H groups in total. The average Bonchev–Trinajstić information content (AvgIpc) is 2.79. The Morgan fingerprint density at radius 1 is 1.15 bits per heavy atom. The second-order valence-corrected chi connectivity index (χ2v) is 10.1. The fourth-order valence-corrected chi connectivity index (χ4v) is 7.56. The molecule has 0 unspecified atom stereocenters. The molecule has 0 amide bonds. The second kappa shape index (κ2) is 6.32. The molecular weight excluding hydrogens is 328 g/mol. The van der Waals surface area contributed by atoms with Crippen LogP contribution < -0.4 is 0 Å². The number of carbonyl (C=O) groups excluding carboxylic acids is 2. The Labute approximate surface area is 157 Å². The van der Waals surface area contributed by atoms with Gasteiger partial charge in [-0.2, -0.15) is 0 Å². The molecule has 0 spiro atoms. The van der Waals surface area contributed by atoms with Gasteiger partial charge in [-0.3, -0.25) is 9.59 Å². The first-order valence-electron chi connectivity index (χ1n) is 10.6. The van der Waals surface area contributed by atoms with Crippen LogP contribution in [0.4, 0.5) is 0 Å². The van der Waals surface area contributed by atoms with Gasteiger partial charge in [-0.1, -0.05) is 20.3 Å². The highest BCUT2D eigenvalue weighted by molar-refractivity contribution is 5.87. The number of rotatable bonds is 1. The maximum absolute atomic E-state index is 12.6. The van der Waals surface area contributed by atoms with E-state index in [1.165, 1.54) is 19.8 Å². The Bertz CT molecular complexity index is 601. The SMILES string of the molecule is CC(=O)O[C@H]1C[C@@]2(C)[C@@H](CCC[C@H]3[C@@H]2CC[C@]2(C)C(=O)CC[C@@H]32)C[C@@H]1O. The molecule has 0 aromatic carbocycles. The third-order valence-corrected chi connectivity index (χ3v) is 8.93. The number of aliphatic hydroxyl groups is 1. The Balaban J connectivity index is 1.64. The molecule has 8 atom stereocenters. The van der Waals surface area contributed by atoms with Gasteiger partial charge in [-0.25, -0.2) is 0 Å². The van der Waals surface area contributed by atoms with Gasteiger partial charge >= 0.3 is 5.97 Å². The highest BCUT2D eigenvalue weighted by atomic mass is 16.6. The summed E-state index contributed by atoms with van der Waals surface area (Å²) < 4.78 is 5.52. The zero-order chi connectivity index (χ0) is 18.7. The lowest BCUT2D eigenvalue weighted by Gasteiger charge is -2.56. The molecule has 146 valence electrons. The lowest BCUT2D eigenvalue weighted by atomic mass is 9.50. The Kier molecular flexibility index (Phi) is 4.49. The van der Waals surface area contributed by atoms with Gasteiger partial charge in [-0.15, -0.1) is 0 Å². The number of ketones is 1. The Morgan fingerprint density at radius 3 is 2.65 bits per heavy atom. The van der Waals surface area contributed by atoms with Gasteiger partial charge < -0.3 is 9.84 Å². The van der Waals surface area contributed by atoms with Crippen LogP contribution in [0.1, 0.15) is 78.6 Å². The fraction of sp³-hybridized carbons (Fsp3) is 0.909. The van der Waals surface area contributed by atoms with Crippen LogP contribution in [0.25, 0.3) is 0 Å². The van der Waals surface area contributed by atoms with E-state index in [1.807, 2.05) is 0 Å². The summed E-state index contributed by atoms with van der Waals surface area (Å²) in [5.74, 6) is 2.43. The van der Waals surface area contributed by atoms with Gasteiger partial charge in [-0.05, 0) is 74.0 Å². The highest BCUT2D eigenvalue weighted by Gasteiger charge is 2.60. The normalized spacial score (nSPS) is 51.0. The minimum absolute atomic E-state index is 0.0964. The number of hydrogen-bond acceptors (Lipinski definition) is 4. The third-order valence-electron chi connectivity index (χ3n) is 8.93. The first-order valence-corrected chi connectivity index (χ1v) is 10.6.